The highest BCUT2D eigenvalue weighted by Gasteiger charge is 2.17. The number of ether oxygens (including phenoxy) is 1. The Morgan fingerprint density at radius 3 is 2.52 bits per heavy atom. The maximum atomic E-state index is 12.6. The second-order valence-electron chi connectivity index (χ2n) is 6.81. The van der Waals surface area contributed by atoms with Gasteiger partial charge in [-0.2, -0.15) is 0 Å². The number of aromatic nitrogens is 2. The quantitative estimate of drug-likeness (QED) is 0.462. The monoisotopic (exact) mass is 413 g/mol. The number of carbonyl (C=O) groups excluding carboxylic acids is 2. The minimum absolute atomic E-state index is 0.177. The zero-order valence-corrected chi connectivity index (χ0v) is 16.7. The van der Waals surface area contributed by atoms with Crippen molar-refractivity contribution in [1.29, 1.82) is 0 Å². The molecule has 0 unspecified atom stereocenters. The Bertz CT molecular complexity index is 1220. The molecule has 154 valence electrons. The molecule has 1 aromatic heterocycles. The van der Waals surface area contributed by atoms with Crippen LogP contribution in [0.2, 0.25) is 0 Å². The van der Waals surface area contributed by atoms with Gasteiger partial charge in [-0.05, 0) is 43.3 Å². The Morgan fingerprint density at radius 2 is 1.71 bits per heavy atom. The standard InChI is InChI=1S/C24H19N3O4/c1-16-8-7-11-18(14-16)23-27-26-21(31-23)15-30-24(29)19-12-5-6-13-20(19)25-22(28)17-9-3-2-4-10-17/h2-14H,15H2,1H3,(H,25,28). The van der Waals surface area contributed by atoms with Gasteiger partial charge < -0.3 is 14.5 Å². The number of nitrogens with one attached hydrogen (secondary N) is 1. The topological polar surface area (TPSA) is 94.3 Å². The Hall–Kier alpha value is -4.26. The zero-order chi connectivity index (χ0) is 21.6. The van der Waals surface area contributed by atoms with Crippen molar-refractivity contribution in [1.82, 2.24) is 10.2 Å². The van der Waals surface area contributed by atoms with Crippen LogP contribution >= 0.6 is 0 Å². The molecule has 0 aliphatic heterocycles. The molecule has 0 aliphatic rings. The predicted octanol–water partition coefficient (Wildman–Crippen LogP) is 4.65. The van der Waals surface area contributed by atoms with Gasteiger partial charge in [0, 0.05) is 11.1 Å². The molecule has 0 bridgehead atoms. The van der Waals surface area contributed by atoms with E-state index in [0.717, 1.165) is 11.1 Å². The van der Waals surface area contributed by atoms with E-state index in [2.05, 4.69) is 15.5 Å². The summed E-state index contributed by atoms with van der Waals surface area (Å²) in [5.41, 5.74) is 2.93. The van der Waals surface area contributed by atoms with Crippen LogP contribution in [0.5, 0.6) is 0 Å². The number of anilines is 1. The minimum Gasteiger partial charge on any atom is -0.452 e. The van der Waals surface area contributed by atoms with E-state index in [1.807, 2.05) is 37.3 Å². The summed E-state index contributed by atoms with van der Waals surface area (Å²) in [6, 6.07) is 23.0. The van der Waals surface area contributed by atoms with Gasteiger partial charge in [-0.25, -0.2) is 4.79 Å². The average Bonchev–Trinajstić information content (AvgIpc) is 3.28. The largest absolute Gasteiger partial charge is 0.452 e. The highest BCUT2D eigenvalue weighted by Crippen LogP contribution is 2.21. The SMILES string of the molecule is Cc1cccc(-c2nnc(COC(=O)c3ccccc3NC(=O)c3ccccc3)o2)c1. The lowest BCUT2D eigenvalue weighted by atomic mass is 10.1. The van der Waals surface area contributed by atoms with Gasteiger partial charge in [-0.15, -0.1) is 10.2 Å². The number of aryl methyl sites for hydroxylation is 1. The molecule has 0 radical (unpaired) electrons. The van der Waals surface area contributed by atoms with Crippen molar-refractivity contribution in [2.24, 2.45) is 0 Å². The van der Waals surface area contributed by atoms with Crippen molar-refractivity contribution in [3.63, 3.8) is 0 Å². The Balaban J connectivity index is 1.43. The third-order valence-electron chi connectivity index (χ3n) is 4.49. The van der Waals surface area contributed by atoms with Crippen molar-refractivity contribution >= 4 is 17.6 Å². The first-order valence-electron chi connectivity index (χ1n) is 9.62. The van der Waals surface area contributed by atoms with Gasteiger partial charge in [-0.1, -0.05) is 48.0 Å². The van der Waals surface area contributed by atoms with E-state index in [0.29, 0.717) is 17.1 Å². The highest BCUT2D eigenvalue weighted by atomic mass is 16.5. The summed E-state index contributed by atoms with van der Waals surface area (Å²) in [5.74, 6) is -0.402. The number of benzene rings is 3. The van der Waals surface area contributed by atoms with E-state index in [1.165, 1.54) is 0 Å². The van der Waals surface area contributed by atoms with Crippen LogP contribution in [-0.4, -0.2) is 22.1 Å². The van der Waals surface area contributed by atoms with Crippen molar-refractivity contribution in [2.45, 2.75) is 13.5 Å². The summed E-state index contributed by atoms with van der Waals surface area (Å²) >= 11 is 0. The Kier molecular flexibility index (Phi) is 5.84. The van der Waals surface area contributed by atoms with Crippen LogP contribution < -0.4 is 5.32 Å². The van der Waals surface area contributed by atoms with Crippen LogP contribution in [0.25, 0.3) is 11.5 Å². The molecule has 4 aromatic rings. The van der Waals surface area contributed by atoms with Gasteiger partial charge >= 0.3 is 5.97 Å². The third-order valence-corrected chi connectivity index (χ3v) is 4.49. The van der Waals surface area contributed by atoms with Gasteiger partial charge in [0.15, 0.2) is 6.61 Å². The third kappa shape index (κ3) is 4.84. The molecule has 1 N–H and O–H groups in total. The lowest BCUT2D eigenvalue weighted by Crippen LogP contribution is -2.15. The molecule has 0 spiro atoms. The molecule has 0 saturated carbocycles. The molecule has 31 heavy (non-hydrogen) atoms. The van der Waals surface area contributed by atoms with Crippen LogP contribution in [0.3, 0.4) is 0 Å². The van der Waals surface area contributed by atoms with Crippen LogP contribution in [-0.2, 0) is 11.3 Å². The molecular weight excluding hydrogens is 394 g/mol. The summed E-state index contributed by atoms with van der Waals surface area (Å²) in [7, 11) is 0. The van der Waals surface area contributed by atoms with E-state index in [1.54, 1.807) is 48.5 Å². The lowest BCUT2D eigenvalue weighted by Gasteiger charge is -2.10. The second kappa shape index (κ2) is 9.04. The number of para-hydroxylation sites is 1. The fourth-order valence-corrected chi connectivity index (χ4v) is 2.97. The number of nitrogens with zero attached hydrogens (tertiary/aromatic N) is 2. The van der Waals surface area contributed by atoms with Crippen LogP contribution in [0, 0.1) is 6.92 Å². The molecular formula is C24H19N3O4. The molecule has 0 aliphatic carbocycles. The number of esters is 1. The molecule has 1 heterocycles. The molecule has 0 atom stereocenters. The fraction of sp³-hybridized carbons (Fsp3) is 0.0833. The number of carbonyl (C=O) groups is 2. The number of hydrogen-bond acceptors (Lipinski definition) is 6. The number of amides is 1. The van der Waals surface area contributed by atoms with Gasteiger partial charge in [-0.3, -0.25) is 4.79 Å². The molecule has 0 fully saturated rings. The molecule has 1 amide bonds. The molecule has 3 aromatic carbocycles. The normalized spacial score (nSPS) is 10.5. The smallest absolute Gasteiger partial charge is 0.340 e. The molecule has 4 rings (SSSR count). The van der Waals surface area contributed by atoms with E-state index in [9.17, 15) is 9.59 Å². The van der Waals surface area contributed by atoms with E-state index in [-0.39, 0.29) is 24.0 Å². The summed E-state index contributed by atoms with van der Waals surface area (Å²) in [4.78, 5) is 25.0. The van der Waals surface area contributed by atoms with Crippen molar-refractivity contribution in [3.05, 3.63) is 101 Å². The average molecular weight is 413 g/mol. The first-order chi connectivity index (χ1) is 15.1. The van der Waals surface area contributed by atoms with Gasteiger partial charge in [0.1, 0.15) is 0 Å². The summed E-state index contributed by atoms with van der Waals surface area (Å²) in [5, 5.41) is 10.7. The van der Waals surface area contributed by atoms with Crippen molar-refractivity contribution < 1.29 is 18.7 Å². The first-order valence-corrected chi connectivity index (χ1v) is 9.62. The van der Waals surface area contributed by atoms with Gasteiger partial charge in [0.05, 0.1) is 11.3 Å². The van der Waals surface area contributed by atoms with Gasteiger partial charge in [0.2, 0.25) is 5.89 Å². The van der Waals surface area contributed by atoms with Crippen LogP contribution in [0.1, 0.15) is 32.2 Å². The van der Waals surface area contributed by atoms with E-state index >= 15 is 0 Å². The number of hydrogen-bond donors (Lipinski definition) is 1. The van der Waals surface area contributed by atoms with Crippen molar-refractivity contribution in [2.75, 3.05) is 5.32 Å². The minimum atomic E-state index is -0.612. The van der Waals surface area contributed by atoms with Gasteiger partial charge in [0.25, 0.3) is 11.8 Å². The molecule has 7 nitrogen and oxygen atoms in total. The Morgan fingerprint density at radius 1 is 0.935 bits per heavy atom. The van der Waals surface area contributed by atoms with E-state index in [4.69, 9.17) is 9.15 Å². The molecule has 7 heteroatoms. The predicted molar refractivity (Wildman–Crippen MR) is 114 cm³/mol. The highest BCUT2D eigenvalue weighted by molar-refractivity contribution is 6.07. The van der Waals surface area contributed by atoms with Crippen LogP contribution in [0.15, 0.2) is 83.3 Å². The van der Waals surface area contributed by atoms with E-state index < -0.39 is 5.97 Å². The maximum absolute atomic E-state index is 12.6. The van der Waals surface area contributed by atoms with Crippen LogP contribution in [0.4, 0.5) is 5.69 Å². The maximum Gasteiger partial charge on any atom is 0.340 e. The zero-order valence-electron chi connectivity index (χ0n) is 16.7. The fourth-order valence-electron chi connectivity index (χ4n) is 2.97. The summed E-state index contributed by atoms with van der Waals surface area (Å²) in [6.07, 6.45) is 0. The summed E-state index contributed by atoms with van der Waals surface area (Å²) < 4.78 is 10.9. The Labute approximate surface area is 178 Å². The second-order valence-corrected chi connectivity index (χ2v) is 6.81. The van der Waals surface area contributed by atoms with Crippen molar-refractivity contribution in [3.8, 4) is 11.5 Å². The molecule has 0 saturated heterocycles. The lowest BCUT2D eigenvalue weighted by molar-refractivity contribution is 0.0440. The first kappa shape index (κ1) is 20.0. The number of rotatable bonds is 6. The summed E-state index contributed by atoms with van der Waals surface area (Å²) in [6.45, 7) is 1.79.